The number of hydrogen-bond donors (Lipinski definition) is 3. The SMILES string of the molecule is CC(C)(C)[C@H](N)C(=O)N1C[C@H]2[C@@H]([C@H]1C(=O)NC(CC1CCc3ccnn31)C(N)=O)C2(C)C. The van der Waals surface area contributed by atoms with E-state index >= 15 is 0 Å². The quantitative estimate of drug-likeness (QED) is 0.590. The molecular formula is C23H36N6O3. The number of nitrogens with two attached hydrogens (primary N) is 2. The smallest absolute Gasteiger partial charge is 0.243 e. The van der Waals surface area contributed by atoms with Gasteiger partial charge >= 0.3 is 0 Å². The van der Waals surface area contributed by atoms with Crippen molar-refractivity contribution in [3.8, 4) is 0 Å². The van der Waals surface area contributed by atoms with Gasteiger partial charge in [-0.15, -0.1) is 0 Å². The zero-order chi connectivity index (χ0) is 23.6. The van der Waals surface area contributed by atoms with Gasteiger partial charge in [0.25, 0.3) is 0 Å². The number of rotatable bonds is 6. The molecule has 3 aliphatic rings. The van der Waals surface area contributed by atoms with Gasteiger partial charge in [-0.1, -0.05) is 34.6 Å². The zero-order valence-corrected chi connectivity index (χ0v) is 19.7. The van der Waals surface area contributed by atoms with Gasteiger partial charge in [-0.05, 0) is 48.0 Å². The third-order valence-electron chi connectivity index (χ3n) is 7.96. The van der Waals surface area contributed by atoms with E-state index in [-0.39, 0.29) is 35.1 Å². The summed E-state index contributed by atoms with van der Waals surface area (Å²) in [5, 5.41) is 7.22. The first-order chi connectivity index (χ1) is 14.8. The maximum atomic E-state index is 13.5. The van der Waals surface area contributed by atoms with Crippen molar-refractivity contribution < 1.29 is 14.4 Å². The lowest BCUT2D eigenvalue weighted by Gasteiger charge is -2.36. The zero-order valence-electron chi connectivity index (χ0n) is 19.7. The summed E-state index contributed by atoms with van der Waals surface area (Å²) in [6.07, 6.45) is 3.87. The van der Waals surface area contributed by atoms with Gasteiger partial charge in [0.2, 0.25) is 17.7 Å². The lowest BCUT2D eigenvalue weighted by molar-refractivity contribution is -0.143. The van der Waals surface area contributed by atoms with Crippen LogP contribution < -0.4 is 16.8 Å². The minimum Gasteiger partial charge on any atom is -0.368 e. The molecular weight excluding hydrogens is 408 g/mol. The lowest BCUT2D eigenvalue weighted by atomic mass is 9.86. The molecule has 1 aromatic rings. The number of nitrogens with zero attached hydrogens (tertiary/aromatic N) is 3. The van der Waals surface area contributed by atoms with Crippen LogP contribution in [0.3, 0.4) is 0 Å². The Bertz CT molecular complexity index is 932. The standard InChI is InChI=1S/C23H36N6O3/c1-22(2,3)18(24)21(32)28-11-14-16(23(14,4)5)17(28)20(31)27-15(19(25)30)10-13-7-6-12-8-9-26-29(12)13/h8-9,13-18H,6-7,10-11,24H2,1-5H3,(H2,25,30)(H,27,31)/t13?,14-,15?,16-,17-,18+/m0/s1. The molecule has 1 saturated heterocycles. The van der Waals surface area contributed by atoms with Crippen LogP contribution in [0.25, 0.3) is 0 Å². The lowest BCUT2D eigenvalue weighted by Crippen LogP contribution is -2.59. The summed E-state index contributed by atoms with van der Waals surface area (Å²) in [4.78, 5) is 40.5. The van der Waals surface area contributed by atoms with Gasteiger partial charge in [-0.25, -0.2) is 0 Å². The van der Waals surface area contributed by atoms with E-state index in [0.29, 0.717) is 13.0 Å². The largest absolute Gasteiger partial charge is 0.368 e. The van der Waals surface area contributed by atoms with Gasteiger partial charge in [-0.3, -0.25) is 19.1 Å². The van der Waals surface area contributed by atoms with Crippen LogP contribution in [0, 0.1) is 22.7 Å². The Morgan fingerprint density at radius 2 is 2.00 bits per heavy atom. The van der Waals surface area contributed by atoms with Crippen molar-refractivity contribution in [2.45, 2.75) is 78.0 Å². The van der Waals surface area contributed by atoms with Crippen LogP contribution >= 0.6 is 0 Å². The monoisotopic (exact) mass is 444 g/mol. The highest BCUT2D eigenvalue weighted by molar-refractivity contribution is 5.94. The number of primary amides is 1. The van der Waals surface area contributed by atoms with Crippen LogP contribution in [-0.2, 0) is 20.8 Å². The fraction of sp³-hybridized carbons (Fsp3) is 0.739. The Kier molecular flexibility index (Phi) is 5.39. The van der Waals surface area contributed by atoms with Crippen molar-refractivity contribution in [3.05, 3.63) is 18.0 Å². The molecule has 0 spiro atoms. The molecule has 2 unspecified atom stereocenters. The summed E-state index contributed by atoms with van der Waals surface area (Å²) in [5.74, 6) is -0.805. The normalized spacial score (nSPS) is 29.8. The Balaban J connectivity index is 1.51. The van der Waals surface area contributed by atoms with Crippen LogP contribution in [-0.4, -0.2) is 57.1 Å². The minimum absolute atomic E-state index is 0.0125. The number of piperidine rings is 1. The topological polar surface area (TPSA) is 136 Å². The van der Waals surface area contributed by atoms with Crippen LogP contribution in [0.15, 0.2) is 12.3 Å². The predicted molar refractivity (Wildman–Crippen MR) is 119 cm³/mol. The molecule has 4 rings (SSSR count). The maximum absolute atomic E-state index is 13.5. The van der Waals surface area contributed by atoms with Crippen LogP contribution in [0.4, 0.5) is 0 Å². The number of hydrogen-bond acceptors (Lipinski definition) is 5. The fourth-order valence-electron chi connectivity index (χ4n) is 5.66. The molecule has 32 heavy (non-hydrogen) atoms. The van der Waals surface area contributed by atoms with Gasteiger partial charge < -0.3 is 21.7 Å². The number of carbonyl (C=O) groups is 3. The molecule has 1 saturated carbocycles. The Morgan fingerprint density at radius 1 is 1.31 bits per heavy atom. The van der Waals surface area contributed by atoms with Gasteiger partial charge in [0.1, 0.15) is 12.1 Å². The molecule has 3 amide bonds. The van der Waals surface area contributed by atoms with Gasteiger partial charge in [0.15, 0.2) is 0 Å². The van der Waals surface area contributed by atoms with Crippen molar-refractivity contribution in [2.75, 3.05) is 6.54 Å². The molecule has 5 N–H and O–H groups in total. The van der Waals surface area contributed by atoms with Crippen LogP contribution in [0.2, 0.25) is 0 Å². The van der Waals surface area contributed by atoms with E-state index in [4.69, 9.17) is 11.5 Å². The molecule has 1 aliphatic carbocycles. The Labute approximate surface area is 189 Å². The second-order valence-electron chi connectivity index (χ2n) is 11.4. The van der Waals surface area contributed by atoms with Crippen molar-refractivity contribution in [1.29, 1.82) is 0 Å². The van der Waals surface area contributed by atoms with Crippen molar-refractivity contribution in [3.63, 3.8) is 0 Å². The number of amides is 3. The second-order valence-corrected chi connectivity index (χ2v) is 11.4. The molecule has 0 aromatic carbocycles. The predicted octanol–water partition coefficient (Wildman–Crippen LogP) is 0.587. The Morgan fingerprint density at radius 3 is 2.62 bits per heavy atom. The van der Waals surface area contributed by atoms with Gasteiger partial charge in [0, 0.05) is 18.4 Å². The highest BCUT2D eigenvalue weighted by Gasteiger charge is 2.69. The molecule has 0 bridgehead atoms. The molecule has 9 heteroatoms. The molecule has 2 aliphatic heterocycles. The van der Waals surface area contributed by atoms with Crippen LogP contribution in [0.5, 0.6) is 0 Å². The summed E-state index contributed by atoms with van der Waals surface area (Å²) < 4.78 is 1.91. The molecule has 9 nitrogen and oxygen atoms in total. The summed E-state index contributed by atoms with van der Waals surface area (Å²) in [7, 11) is 0. The maximum Gasteiger partial charge on any atom is 0.243 e. The van der Waals surface area contributed by atoms with E-state index in [1.165, 1.54) is 0 Å². The van der Waals surface area contributed by atoms with Crippen molar-refractivity contribution >= 4 is 17.7 Å². The number of likely N-dealkylation sites (tertiary alicyclic amines) is 1. The molecule has 3 heterocycles. The van der Waals surface area contributed by atoms with Crippen molar-refractivity contribution in [1.82, 2.24) is 20.0 Å². The summed E-state index contributed by atoms with van der Waals surface area (Å²) in [6.45, 7) is 10.5. The number of fused-ring (bicyclic) bond motifs is 2. The summed E-state index contributed by atoms with van der Waals surface area (Å²) in [6, 6.07) is -0.188. The molecule has 1 aromatic heterocycles. The second kappa shape index (κ2) is 7.57. The summed E-state index contributed by atoms with van der Waals surface area (Å²) in [5.41, 5.74) is 12.6. The highest BCUT2D eigenvalue weighted by atomic mass is 16.2. The number of aromatic nitrogens is 2. The van der Waals surface area contributed by atoms with E-state index in [1.807, 2.05) is 31.5 Å². The average Bonchev–Trinajstić information content (AvgIpc) is 3.20. The van der Waals surface area contributed by atoms with E-state index in [2.05, 4.69) is 24.3 Å². The molecule has 176 valence electrons. The van der Waals surface area contributed by atoms with Gasteiger partial charge in [-0.2, -0.15) is 5.10 Å². The van der Waals surface area contributed by atoms with E-state index in [1.54, 1.807) is 11.1 Å². The third kappa shape index (κ3) is 3.70. The Hall–Kier alpha value is -2.42. The molecule has 6 atom stereocenters. The van der Waals surface area contributed by atoms with E-state index in [9.17, 15) is 14.4 Å². The highest BCUT2D eigenvalue weighted by Crippen LogP contribution is 2.65. The number of nitrogens with one attached hydrogen (secondary N) is 1. The first-order valence-electron chi connectivity index (χ1n) is 11.5. The molecule has 2 fully saturated rings. The number of aryl methyl sites for hydroxylation is 1. The van der Waals surface area contributed by atoms with Gasteiger partial charge in [0.05, 0.1) is 12.1 Å². The first-order valence-corrected chi connectivity index (χ1v) is 11.5. The minimum atomic E-state index is -0.822. The van der Waals surface area contributed by atoms with Crippen LogP contribution in [0.1, 0.15) is 59.2 Å². The van der Waals surface area contributed by atoms with E-state index < -0.39 is 29.4 Å². The third-order valence-corrected chi connectivity index (χ3v) is 7.96. The number of carbonyl (C=O) groups excluding carboxylic acids is 3. The average molecular weight is 445 g/mol. The van der Waals surface area contributed by atoms with Crippen molar-refractivity contribution in [2.24, 2.45) is 34.1 Å². The summed E-state index contributed by atoms with van der Waals surface area (Å²) >= 11 is 0. The molecule has 0 radical (unpaired) electrons. The first kappa shape index (κ1) is 22.8. The fourth-order valence-corrected chi connectivity index (χ4v) is 5.66. The van der Waals surface area contributed by atoms with E-state index in [0.717, 1.165) is 18.5 Å².